The molecule has 1 aromatic rings. The van der Waals surface area contributed by atoms with Gasteiger partial charge in [0, 0.05) is 0 Å². The van der Waals surface area contributed by atoms with Crippen LogP contribution >= 0.6 is 11.3 Å². The number of carbonyl (C=O) groups is 1. The fraction of sp³-hybridized carbons (Fsp3) is 0.643. The summed E-state index contributed by atoms with van der Waals surface area (Å²) in [6, 6.07) is 3.87. The lowest BCUT2D eigenvalue weighted by atomic mass is 9.85. The second kappa shape index (κ2) is 5.32. The SMILES string of the molecule is CC1(C)CCCN(CC(=O)c2cccs2)CC1. The molecule has 1 aliphatic heterocycles. The van der Waals surface area contributed by atoms with Gasteiger partial charge in [0.1, 0.15) is 0 Å². The van der Waals surface area contributed by atoms with Crippen molar-refractivity contribution in [3.05, 3.63) is 22.4 Å². The molecule has 0 bridgehead atoms. The van der Waals surface area contributed by atoms with E-state index in [1.165, 1.54) is 19.3 Å². The van der Waals surface area contributed by atoms with Crippen molar-refractivity contribution in [2.75, 3.05) is 19.6 Å². The van der Waals surface area contributed by atoms with Crippen molar-refractivity contribution in [3.63, 3.8) is 0 Å². The molecule has 3 heteroatoms. The van der Waals surface area contributed by atoms with Crippen LogP contribution in [0.1, 0.15) is 42.8 Å². The zero-order valence-corrected chi connectivity index (χ0v) is 11.6. The predicted molar refractivity (Wildman–Crippen MR) is 72.7 cm³/mol. The second-order valence-electron chi connectivity index (χ2n) is 5.69. The third kappa shape index (κ3) is 3.65. The van der Waals surface area contributed by atoms with Gasteiger partial charge < -0.3 is 0 Å². The maximum Gasteiger partial charge on any atom is 0.186 e. The summed E-state index contributed by atoms with van der Waals surface area (Å²) in [5.41, 5.74) is 0.445. The number of hydrogen-bond acceptors (Lipinski definition) is 3. The molecule has 0 amide bonds. The topological polar surface area (TPSA) is 20.3 Å². The van der Waals surface area contributed by atoms with Crippen molar-refractivity contribution in [2.24, 2.45) is 5.41 Å². The number of rotatable bonds is 3. The first-order valence-corrected chi connectivity index (χ1v) is 7.24. The van der Waals surface area contributed by atoms with Gasteiger partial charge in [0.05, 0.1) is 11.4 Å². The van der Waals surface area contributed by atoms with Gasteiger partial charge in [-0.05, 0) is 49.2 Å². The smallest absolute Gasteiger partial charge is 0.186 e. The highest BCUT2D eigenvalue weighted by Gasteiger charge is 2.24. The van der Waals surface area contributed by atoms with E-state index in [1.54, 1.807) is 11.3 Å². The van der Waals surface area contributed by atoms with Crippen molar-refractivity contribution in [1.29, 1.82) is 0 Å². The zero-order chi connectivity index (χ0) is 12.3. The van der Waals surface area contributed by atoms with Crippen LogP contribution in [0.3, 0.4) is 0 Å². The van der Waals surface area contributed by atoms with E-state index < -0.39 is 0 Å². The van der Waals surface area contributed by atoms with Crippen LogP contribution in [0.15, 0.2) is 17.5 Å². The molecule has 0 aliphatic carbocycles. The molecular weight excluding hydrogens is 230 g/mol. The normalized spacial score (nSPS) is 21.1. The Hall–Kier alpha value is -0.670. The van der Waals surface area contributed by atoms with Crippen molar-refractivity contribution in [1.82, 2.24) is 4.90 Å². The molecule has 94 valence electrons. The van der Waals surface area contributed by atoms with Gasteiger partial charge in [-0.15, -0.1) is 11.3 Å². The molecule has 1 aromatic heterocycles. The number of thiophene rings is 1. The van der Waals surface area contributed by atoms with Gasteiger partial charge in [0.15, 0.2) is 5.78 Å². The Bertz CT molecular complexity index is 370. The fourth-order valence-electron chi connectivity index (χ4n) is 2.36. The van der Waals surface area contributed by atoms with Gasteiger partial charge in [-0.25, -0.2) is 0 Å². The van der Waals surface area contributed by atoms with E-state index >= 15 is 0 Å². The maximum absolute atomic E-state index is 12.0. The molecule has 0 N–H and O–H groups in total. The average molecular weight is 251 g/mol. The number of nitrogens with zero attached hydrogens (tertiary/aromatic N) is 1. The van der Waals surface area contributed by atoms with Crippen LogP contribution < -0.4 is 0 Å². The van der Waals surface area contributed by atoms with Crippen LogP contribution in [0.5, 0.6) is 0 Å². The number of hydrogen-bond donors (Lipinski definition) is 0. The Morgan fingerprint density at radius 1 is 1.41 bits per heavy atom. The Morgan fingerprint density at radius 2 is 2.24 bits per heavy atom. The van der Waals surface area contributed by atoms with Crippen LogP contribution in [-0.2, 0) is 0 Å². The molecule has 17 heavy (non-hydrogen) atoms. The Labute approximate surface area is 108 Å². The summed E-state index contributed by atoms with van der Waals surface area (Å²) in [5.74, 6) is 0.278. The highest BCUT2D eigenvalue weighted by atomic mass is 32.1. The van der Waals surface area contributed by atoms with E-state index in [0.29, 0.717) is 12.0 Å². The number of likely N-dealkylation sites (tertiary alicyclic amines) is 1. The summed E-state index contributed by atoms with van der Waals surface area (Å²) >= 11 is 1.55. The summed E-state index contributed by atoms with van der Waals surface area (Å²) in [5, 5.41) is 1.97. The Morgan fingerprint density at radius 3 is 2.94 bits per heavy atom. The molecule has 0 aromatic carbocycles. The van der Waals surface area contributed by atoms with Crippen molar-refractivity contribution < 1.29 is 4.79 Å². The fourth-order valence-corrected chi connectivity index (χ4v) is 3.01. The lowest BCUT2D eigenvalue weighted by Crippen LogP contribution is -2.31. The van der Waals surface area contributed by atoms with E-state index in [9.17, 15) is 4.79 Å². The quantitative estimate of drug-likeness (QED) is 0.767. The molecule has 0 atom stereocenters. The van der Waals surface area contributed by atoms with Crippen molar-refractivity contribution in [2.45, 2.75) is 33.1 Å². The molecule has 0 saturated carbocycles. The third-order valence-corrected chi connectivity index (χ3v) is 4.51. The molecule has 2 nitrogen and oxygen atoms in total. The molecule has 0 unspecified atom stereocenters. The largest absolute Gasteiger partial charge is 0.296 e. The molecule has 2 rings (SSSR count). The van der Waals surface area contributed by atoms with E-state index in [2.05, 4.69) is 18.7 Å². The summed E-state index contributed by atoms with van der Waals surface area (Å²) in [6.45, 7) is 7.39. The summed E-state index contributed by atoms with van der Waals surface area (Å²) in [6.07, 6.45) is 3.69. The summed E-state index contributed by atoms with van der Waals surface area (Å²) < 4.78 is 0. The second-order valence-corrected chi connectivity index (χ2v) is 6.64. The molecule has 2 heterocycles. The zero-order valence-electron chi connectivity index (χ0n) is 10.7. The van der Waals surface area contributed by atoms with Gasteiger partial charge in [-0.2, -0.15) is 0 Å². The van der Waals surface area contributed by atoms with Crippen LogP contribution in [0.2, 0.25) is 0 Å². The van der Waals surface area contributed by atoms with E-state index in [1.807, 2.05) is 17.5 Å². The molecular formula is C14H21NOS. The van der Waals surface area contributed by atoms with Gasteiger partial charge in [0.2, 0.25) is 0 Å². The van der Waals surface area contributed by atoms with Crippen molar-refractivity contribution in [3.8, 4) is 0 Å². The monoisotopic (exact) mass is 251 g/mol. The highest BCUT2D eigenvalue weighted by Crippen LogP contribution is 2.29. The first-order chi connectivity index (χ1) is 8.07. The molecule has 1 aliphatic rings. The molecule has 0 radical (unpaired) electrons. The molecule has 1 saturated heterocycles. The Kier molecular flexibility index (Phi) is 4.00. The standard InChI is InChI=1S/C14H21NOS/c1-14(2)6-4-8-15(9-7-14)11-12(16)13-5-3-10-17-13/h3,5,10H,4,6-9,11H2,1-2H3. The number of carbonyl (C=O) groups excluding carboxylic acids is 1. The van der Waals surface area contributed by atoms with Gasteiger partial charge in [-0.1, -0.05) is 19.9 Å². The maximum atomic E-state index is 12.0. The average Bonchev–Trinajstić information content (AvgIpc) is 2.73. The van der Waals surface area contributed by atoms with Gasteiger partial charge in [0.25, 0.3) is 0 Å². The van der Waals surface area contributed by atoms with Gasteiger partial charge >= 0.3 is 0 Å². The van der Waals surface area contributed by atoms with Crippen LogP contribution in [-0.4, -0.2) is 30.3 Å². The summed E-state index contributed by atoms with van der Waals surface area (Å²) in [7, 11) is 0. The van der Waals surface area contributed by atoms with E-state index in [-0.39, 0.29) is 5.78 Å². The predicted octanol–water partition coefficient (Wildman–Crippen LogP) is 3.44. The number of Topliss-reactive ketones (excluding diaryl/α,β-unsaturated/α-hetero) is 1. The van der Waals surface area contributed by atoms with Crippen LogP contribution in [0, 0.1) is 5.41 Å². The number of ketones is 1. The third-order valence-electron chi connectivity index (χ3n) is 3.60. The van der Waals surface area contributed by atoms with Crippen molar-refractivity contribution >= 4 is 17.1 Å². The lowest BCUT2D eigenvalue weighted by molar-refractivity contribution is 0.0934. The Balaban J connectivity index is 1.89. The van der Waals surface area contributed by atoms with Crippen LogP contribution in [0.4, 0.5) is 0 Å². The lowest BCUT2D eigenvalue weighted by Gasteiger charge is -2.22. The minimum Gasteiger partial charge on any atom is -0.296 e. The van der Waals surface area contributed by atoms with E-state index in [4.69, 9.17) is 0 Å². The summed E-state index contributed by atoms with van der Waals surface area (Å²) in [4.78, 5) is 15.2. The van der Waals surface area contributed by atoms with Crippen LogP contribution in [0.25, 0.3) is 0 Å². The minimum absolute atomic E-state index is 0.278. The molecule has 1 fully saturated rings. The van der Waals surface area contributed by atoms with Gasteiger partial charge in [-0.3, -0.25) is 9.69 Å². The minimum atomic E-state index is 0.278. The van der Waals surface area contributed by atoms with E-state index in [0.717, 1.165) is 18.0 Å². The highest BCUT2D eigenvalue weighted by molar-refractivity contribution is 7.12. The first-order valence-electron chi connectivity index (χ1n) is 6.36. The first kappa shape index (κ1) is 12.8. The molecule has 0 spiro atoms.